The van der Waals surface area contributed by atoms with Gasteiger partial charge in [0.05, 0.1) is 5.56 Å². The molecule has 0 spiro atoms. The van der Waals surface area contributed by atoms with Crippen molar-refractivity contribution in [3.05, 3.63) is 22.9 Å². The smallest absolute Gasteiger partial charge is 0.144 e. The van der Waals surface area contributed by atoms with Gasteiger partial charge < -0.3 is 10.1 Å². The number of aryl methyl sites for hydroxylation is 2. The number of methoxy groups -OCH3 is 1. The van der Waals surface area contributed by atoms with Crippen LogP contribution in [0.25, 0.3) is 0 Å². The minimum Gasteiger partial charge on any atom is -0.385 e. The minimum absolute atomic E-state index is 0.683. The van der Waals surface area contributed by atoms with Crippen LogP contribution >= 0.6 is 0 Å². The summed E-state index contributed by atoms with van der Waals surface area (Å²) in [7, 11) is 1.73. The Bertz CT molecular complexity index is 479. The van der Waals surface area contributed by atoms with Crippen molar-refractivity contribution >= 4 is 5.82 Å². The molecule has 4 nitrogen and oxygen atoms in total. The minimum atomic E-state index is 0.683. The molecule has 1 heterocycles. The van der Waals surface area contributed by atoms with Crippen molar-refractivity contribution in [2.75, 3.05) is 25.6 Å². The van der Waals surface area contributed by atoms with Crippen LogP contribution in [0.3, 0.4) is 0 Å². The van der Waals surface area contributed by atoms with Crippen molar-refractivity contribution in [3.63, 3.8) is 0 Å². The largest absolute Gasteiger partial charge is 0.385 e. The van der Waals surface area contributed by atoms with Crippen molar-refractivity contribution in [2.45, 2.75) is 44.9 Å². The first-order valence-electron chi connectivity index (χ1n) is 7.51. The van der Waals surface area contributed by atoms with E-state index in [-0.39, 0.29) is 0 Å². The van der Waals surface area contributed by atoms with Crippen LogP contribution in [-0.4, -0.2) is 25.2 Å². The number of unbranched alkanes of at least 4 members (excludes halogenated alkanes) is 2. The number of hydrogen-bond donors (Lipinski definition) is 1. The van der Waals surface area contributed by atoms with E-state index in [4.69, 9.17) is 4.74 Å². The second kappa shape index (κ2) is 7.86. The number of fused-ring (bicyclic) bond motifs is 1. The highest BCUT2D eigenvalue weighted by Crippen LogP contribution is 2.24. The van der Waals surface area contributed by atoms with Gasteiger partial charge in [-0.05, 0) is 56.6 Å². The average molecular weight is 273 g/mol. The van der Waals surface area contributed by atoms with Crippen LogP contribution in [0.1, 0.15) is 48.9 Å². The molecular weight excluding hydrogens is 250 g/mol. The topological polar surface area (TPSA) is 57.9 Å². The van der Waals surface area contributed by atoms with Crippen molar-refractivity contribution in [1.29, 1.82) is 5.26 Å². The normalized spacial score (nSPS) is 13.6. The summed E-state index contributed by atoms with van der Waals surface area (Å²) < 4.78 is 5.03. The lowest BCUT2D eigenvalue weighted by Crippen LogP contribution is -2.11. The number of rotatable bonds is 7. The maximum atomic E-state index is 9.25. The third-order valence-corrected chi connectivity index (χ3v) is 3.74. The maximum Gasteiger partial charge on any atom is 0.144 e. The molecule has 0 saturated heterocycles. The predicted molar refractivity (Wildman–Crippen MR) is 79.8 cm³/mol. The van der Waals surface area contributed by atoms with Crippen molar-refractivity contribution in [2.24, 2.45) is 0 Å². The average Bonchev–Trinajstić information content (AvgIpc) is 2.50. The molecule has 0 aromatic carbocycles. The van der Waals surface area contributed by atoms with Gasteiger partial charge in [-0.2, -0.15) is 5.26 Å². The maximum absolute atomic E-state index is 9.25. The molecule has 1 N–H and O–H groups in total. The van der Waals surface area contributed by atoms with Crippen molar-refractivity contribution < 1.29 is 4.74 Å². The number of nitriles is 1. The molecule has 0 fully saturated rings. The Labute approximate surface area is 121 Å². The summed E-state index contributed by atoms with van der Waals surface area (Å²) >= 11 is 0. The Kier molecular flexibility index (Phi) is 5.82. The lowest BCUT2D eigenvalue weighted by atomic mass is 9.95. The summed E-state index contributed by atoms with van der Waals surface area (Å²) in [6.07, 6.45) is 7.83. The van der Waals surface area contributed by atoms with E-state index in [0.717, 1.165) is 51.1 Å². The van der Waals surface area contributed by atoms with Crippen LogP contribution in [0.5, 0.6) is 0 Å². The first-order chi connectivity index (χ1) is 9.85. The zero-order valence-electron chi connectivity index (χ0n) is 12.2. The fourth-order valence-electron chi connectivity index (χ4n) is 2.61. The van der Waals surface area contributed by atoms with Crippen LogP contribution in [0.4, 0.5) is 5.82 Å². The quantitative estimate of drug-likeness (QED) is 0.776. The van der Waals surface area contributed by atoms with E-state index in [0.29, 0.717) is 5.56 Å². The van der Waals surface area contributed by atoms with Gasteiger partial charge in [-0.25, -0.2) is 4.98 Å². The zero-order chi connectivity index (χ0) is 14.2. The fraction of sp³-hybridized carbons (Fsp3) is 0.625. The van der Waals surface area contributed by atoms with Crippen molar-refractivity contribution in [1.82, 2.24) is 4.98 Å². The van der Waals surface area contributed by atoms with E-state index in [9.17, 15) is 5.26 Å². The van der Waals surface area contributed by atoms with Gasteiger partial charge in [-0.15, -0.1) is 0 Å². The molecule has 0 unspecified atom stereocenters. The number of pyridine rings is 1. The first-order valence-corrected chi connectivity index (χ1v) is 7.51. The summed E-state index contributed by atoms with van der Waals surface area (Å²) in [5.74, 6) is 0.764. The highest BCUT2D eigenvalue weighted by molar-refractivity contribution is 5.54. The Morgan fingerprint density at radius 2 is 2.15 bits per heavy atom. The third-order valence-electron chi connectivity index (χ3n) is 3.74. The third kappa shape index (κ3) is 3.94. The number of aromatic nitrogens is 1. The molecule has 1 aliphatic rings. The molecule has 4 heteroatoms. The molecule has 0 atom stereocenters. The van der Waals surface area contributed by atoms with E-state index in [1.54, 1.807) is 7.11 Å². The van der Waals surface area contributed by atoms with Gasteiger partial charge in [-0.1, -0.05) is 0 Å². The highest BCUT2D eigenvalue weighted by Gasteiger charge is 2.14. The van der Waals surface area contributed by atoms with Gasteiger partial charge in [0.15, 0.2) is 0 Å². The lowest BCUT2D eigenvalue weighted by molar-refractivity contribution is 0.192. The van der Waals surface area contributed by atoms with E-state index in [2.05, 4.69) is 16.4 Å². The predicted octanol–water partition coefficient (Wildman–Crippen LogP) is 3.06. The SMILES string of the molecule is COCCCCCNc1nc2c(cc1C#N)CCCC2. The lowest BCUT2D eigenvalue weighted by Gasteiger charge is -2.17. The Morgan fingerprint density at radius 1 is 1.30 bits per heavy atom. The molecule has 20 heavy (non-hydrogen) atoms. The van der Waals surface area contributed by atoms with Gasteiger partial charge >= 0.3 is 0 Å². The van der Waals surface area contributed by atoms with Gasteiger partial charge in [0, 0.05) is 26.0 Å². The molecule has 1 aliphatic carbocycles. The second-order valence-corrected chi connectivity index (χ2v) is 5.29. The van der Waals surface area contributed by atoms with Crippen molar-refractivity contribution in [3.8, 4) is 6.07 Å². The molecule has 0 aliphatic heterocycles. The summed E-state index contributed by atoms with van der Waals surface area (Å²) in [5, 5.41) is 12.6. The van der Waals surface area contributed by atoms with Gasteiger partial charge in [0.1, 0.15) is 11.9 Å². The Hall–Kier alpha value is -1.60. The summed E-state index contributed by atoms with van der Waals surface area (Å²) in [6.45, 7) is 1.69. The number of nitrogens with one attached hydrogen (secondary N) is 1. The molecule has 0 radical (unpaired) electrons. The fourth-order valence-corrected chi connectivity index (χ4v) is 2.61. The van der Waals surface area contributed by atoms with E-state index in [1.807, 2.05) is 6.07 Å². The molecule has 0 amide bonds. The van der Waals surface area contributed by atoms with E-state index >= 15 is 0 Å². The van der Waals surface area contributed by atoms with Crippen LogP contribution < -0.4 is 5.32 Å². The van der Waals surface area contributed by atoms with Gasteiger partial charge in [0.25, 0.3) is 0 Å². The van der Waals surface area contributed by atoms with Crippen LogP contribution in [-0.2, 0) is 17.6 Å². The summed E-state index contributed by atoms with van der Waals surface area (Å²) in [5.41, 5.74) is 3.12. The molecule has 2 rings (SSSR count). The molecule has 108 valence electrons. The monoisotopic (exact) mass is 273 g/mol. The van der Waals surface area contributed by atoms with Crippen LogP contribution in [0, 0.1) is 11.3 Å². The summed E-state index contributed by atoms with van der Waals surface area (Å²) in [4.78, 5) is 4.66. The van der Waals surface area contributed by atoms with Crippen LogP contribution in [0.15, 0.2) is 6.07 Å². The molecule has 1 aromatic rings. The van der Waals surface area contributed by atoms with E-state index < -0.39 is 0 Å². The van der Waals surface area contributed by atoms with Crippen LogP contribution in [0.2, 0.25) is 0 Å². The van der Waals surface area contributed by atoms with E-state index in [1.165, 1.54) is 24.1 Å². The number of nitrogens with zero attached hydrogens (tertiary/aromatic N) is 2. The summed E-state index contributed by atoms with van der Waals surface area (Å²) in [6, 6.07) is 4.28. The zero-order valence-corrected chi connectivity index (χ0v) is 12.2. The van der Waals surface area contributed by atoms with Gasteiger partial charge in [0.2, 0.25) is 0 Å². The molecule has 0 bridgehead atoms. The molecular formula is C16H23N3O. The van der Waals surface area contributed by atoms with Gasteiger partial charge in [-0.3, -0.25) is 0 Å². The molecule has 1 aromatic heterocycles. The Balaban J connectivity index is 1.91. The Morgan fingerprint density at radius 3 is 2.95 bits per heavy atom. The standard InChI is InChI=1S/C16H23N3O/c1-20-10-6-2-5-9-18-16-14(12-17)11-13-7-3-4-8-15(13)19-16/h11H,2-10H2,1H3,(H,18,19). The second-order valence-electron chi connectivity index (χ2n) is 5.29. The first kappa shape index (κ1) is 14.8. The number of ether oxygens (including phenoxy) is 1. The highest BCUT2D eigenvalue weighted by atomic mass is 16.5. The molecule has 0 saturated carbocycles. The number of anilines is 1. The number of hydrogen-bond acceptors (Lipinski definition) is 4.